The second kappa shape index (κ2) is 7.46. The third kappa shape index (κ3) is 3.76. The molecule has 0 heterocycles. The highest BCUT2D eigenvalue weighted by Gasteiger charge is 2.37. The van der Waals surface area contributed by atoms with Crippen LogP contribution in [0.3, 0.4) is 0 Å². The van der Waals surface area contributed by atoms with E-state index < -0.39 is 0 Å². The van der Waals surface area contributed by atoms with Crippen LogP contribution in [-0.4, -0.2) is 26.1 Å². The van der Waals surface area contributed by atoms with E-state index in [0.717, 1.165) is 43.4 Å². The Kier molecular flexibility index (Phi) is 5.62. The molecule has 0 saturated heterocycles. The number of hydrogen-bond acceptors (Lipinski definition) is 3. The van der Waals surface area contributed by atoms with E-state index in [1.54, 1.807) is 7.11 Å². The molecule has 4 nitrogen and oxygen atoms in total. The van der Waals surface area contributed by atoms with Gasteiger partial charge in [0, 0.05) is 13.1 Å². The fraction of sp³-hybridized carbons (Fsp3) is 0.588. The van der Waals surface area contributed by atoms with Crippen LogP contribution < -0.4 is 15.8 Å². The summed E-state index contributed by atoms with van der Waals surface area (Å²) in [5.41, 5.74) is 6.67. The molecule has 21 heavy (non-hydrogen) atoms. The number of nitrogens with one attached hydrogen (secondary N) is 1. The third-order valence-electron chi connectivity index (χ3n) is 4.56. The Balaban J connectivity index is 1.89. The van der Waals surface area contributed by atoms with Crippen molar-refractivity contribution < 1.29 is 9.53 Å². The number of carbonyl (C=O) groups is 1. The van der Waals surface area contributed by atoms with Gasteiger partial charge in [-0.15, -0.1) is 0 Å². The summed E-state index contributed by atoms with van der Waals surface area (Å²) in [6, 6.07) is 7.92. The van der Waals surface area contributed by atoms with E-state index in [9.17, 15) is 4.79 Å². The standard InChI is InChI=1S/C17H26N2O2/c1-21-15-8-4-3-7-14(15)9-12-19-16(20)17(13-18)10-5-2-6-11-17/h3-4,7-8H,2,5-6,9-13,18H2,1H3,(H,19,20). The number of ether oxygens (including phenoxy) is 1. The molecule has 4 heteroatoms. The Morgan fingerprint density at radius 2 is 2.00 bits per heavy atom. The molecule has 1 fully saturated rings. The summed E-state index contributed by atoms with van der Waals surface area (Å²) >= 11 is 0. The zero-order valence-electron chi connectivity index (χ0n) is 12.9. The normalized spacial score (nSPS) is 17.2. The van der Waals surface area contributed by atoms with Gasteiger partial charge in [0.25, 0.3) is 0 Å². The maximum atomic E-state index is 12.5. The van der Waals surface area contributed by atoms with Crippen LogP contribution in [0.4, 0.5) is 0 Å². The first-order valence-corrected chi connectivity index (χ1v) is 7.82. The van der Waals surface area contributed by atoms with Crippen molar-refractivity contribution >= 4 is 5.91 Å². The molecule has 3 N–H and O–H groups in total. The Labute approximate surface area is 127 Å². The van der Waals surface area contributed by atoms with Crippen molar-refractivity contribution in [3.8, 4) is 5.75 Å². The fourth-order valence-corrected chi connectivity index (χ4v) is 3.16. The van der Waals surface area contributed by atoms with Gasteiger partial charge in [0.05, 0.1) is 12.5 Å². The van der Waals surface area contributed by atoms with Crippen molar-refractivity contribution in [1.29, 1.82) is 0 Å². The van der Waals surface area contributed by atoms with Gasteiger partial charge in [0.15, 0.2) is 0 Å². The molecular formula is C17H26N2O2. The highest BCUT2D eigenvalue weighted by Crippen LogP contribution is 2.35. The Morgan fingerprint density at radius 1 is 1.29 bits per heavy atom. The largest absolute Gasteiger partial charge is 0.496 e. The maximum absolute atomic E-state index is 12.5. The maximum Gasteiger partial charge on any atom is 0.227 e. The minimum Gasteiger partial charge on any atom is -0.496 e. The molecule has 0 unspecified atom stereocenters. The number of carbonyl (C=O) groups excluding carboxylic acids is 1. The van der Waals surface area contributed by atoms with Gasteiger partial charge in [-0.1, -0.05) is 37.5 Å². The summed E-state index contributed by atoms with van der Waals surface area (Å²) in [5, 5.41) is 3.07. The van der Waals surface area contributed by atoms with Crippen molar-refractivity contribution in [3.05, 3.63) is 29.8 Å². The molecule has 2 rings (SSSR count). The lowest BCUT2D eigenvalue weighted by molar-refractivity contribution is -0.132. The molecule has 0 spiro atoms. The second-order valence-electron chi connectivity index (χ2n) is 5.86. The Hall–Kier alpha value is -1.55. The molecular weight excluding hydrogens is 264 g/mol. The van der Waals surface area contributed by atoms with Gasteiger partial charge < -0.3 is 15.8 Å². The minimum atomic E-state index is -0.334. The van der Waals surface area contributed by atoms with Crippen LogP contribution in [0.15, 0.2) is 24.3 Å². The smallest absolute Gasteiger partial charge is 0.227 e. The number of rotatable bonds is 6. The van der Waals surface area contributed by atoms with Crippen molar-refractivity contribution in [2.45, 2.75) is 38.5 Å². The number of benzene rings is 1. The molecule has 0 radical (unpaired) electrons. The lowest BCUT2D eigenvalue weighted by Gasteiger charge is -2.34. The first-order valence-electron chi connectivity index (χ1n) is 7.82. The molecule has 0 aromatic heterocycles. The summed E-state index contributed by atoms with van der Waals surface area (Å²) in [4.78, 5) is 12.5. The highest BCUT2D eigenvalue weighted by molar-refractivity contribution is 5.83. The summed E-state index contributed by atoms with van der Waals surface area (Å²) in [6.45, 7) is 1.08. The lowest BCUT2D eigenvalue weighted by Crippen LogP contribution is -2.47. The summed E-state index contributed by atoms with van der Waals surface area (Å²) < 4.78 is 5.33. The van der Waals surface area contributed by atoms with Crippen LogP contribution in [0.5, 0.6) is 5.75 Å². The van der Waals surface area contributed by atoms with E-state index in [1.807, 2.05) is 24.3 Å². The molecule has 0 bridgehead atoms. The van der Waals surface area contributed by atoms with Crippen LogP contribution in [0, 0.1) is 5.41 Å². The zero-order valence-corrected chi connectivity index (χ0v) is 12.9. The molecule has 1 aliphatic rings. The molecule has 1 aromatic rings. The van der Waals surface area contributed by atoms with E-state index in [-0.39, 0.29) is 11.3 Å². The highest BCUT2D eigenvalue weighted by atomic mass is 16.5. The Morgan fingerprint density at radius 3 is 2.67 bits per heavy atom. The predicted molar refractivity (Wildman–Crippen MR) is 84.3 cm³/mol. The molecule has 1 amide bonds. The number of nitrogens with two attached hydrogens (primary N) is 1. The SMILES string of the molecule is COc1ccccc1CCNC(=O)C1(CN)CCCCC1. The van der Waals surface area contributed by atoms with Crippen LogP contribution >= 0.6 is 0 Å². The van der Waals surface area contributed by atoms with Gasteiger partial charge in [-0.25, -0.2) is 0 Å². The van der Waals surface area contributed by atoms with Gasteiger partial charge in [0.1, 0.15) is 5.75 Å². The molecule has 0 aliphatic heterocycles. The fourth-order valence-electron chi connectivity index (χ4n) is 3.16. The van der Waals surface area contributed by atoms with E-state index in [2.05, 4.69) is 5.32 Å². The van der Waals surface area contributed by atoms with Crippen molar-refractivity contribution in [2.24, 2.45) is 11.1 Å². The lowest BCUT2D eigenvalue weighted by atomic mass is 9.73. The average Bonchev–Trinajstić information content (AvgIpc) is 2.55. The molecule has 1 aromatic carbocycles. The van der Waals surface area contributed by atoms with Crippen molar-refractivity contribution in [2.75, 3.05) is 20.2 Å². The second-order valence-corrected chi connectivity index (χ2v) is 5.86. The average molecular weight is 290 g/mol. The topological polar surface area (TPSA) is 64.3 Å². The van der Waals surface area contributed by atoms with Crippen LogP contribution in [0.25, 0.3) is 0 Å². The minimum absolute atomic E-state index is 0.125. The zero-order chi connectivity index (χ0) is 15.1. The predicted octanol–water partition coefficient (Wildman–Crippen LogP) is 2.26. The first kappa shape index (κ1) is 15.8. The third-order valence-corrected chi connectivity index (χ3v) is 4.56. The van der Waals surface area contributed by atoms with E-state index in [1.165, 1.54) is 6.42 Å². The monoisotopic (exact) mass is 290 g/mol. The number of hydrogen-bond donors (Lipinski definition) is 2. The first-order chi connectivity index (χ1) is 10.2. The summed E-state index contributed by atoms with van der Waals surface area (Å²) in [7, 11) is 1.67. The number of para-hydroxylation sites is 1. The van der Waals surface area contributed by atoms with Gasteiger partial charge in [-0.05, 0) is 30.9 Å². The van der Waals surface area contributed by atoms with Crippen LogP contribution in [-0.2, 0) is 11.2 Å². The molecule has 116 valence electrons. The summed E-state index contributed by atoms with van der Waals surface area (Å²) in [5.74, 6) is 0.998. The van der Waals surface area contributed by atoms with Crippen molar-refractivity contribution in [1.82, 2.24) is 5.32 Å². The van der Waals surface area contributed by atoms with Crippen molar-refractivity contribution in [3.63, 3.8) is 0 Å². The quantitative estimate of drug-likeness (QED) is 0.844. The van der Waals surface area contributed by atoms with Gasteiger partial charge >= 0.3 is 0 Å². The van der Waals surface area contributed by atoms with E-state index in [4.69, 9.17) is 10.5 Å². The molecule has 1 aliphatic carbocycles. The van der Waals surface area contributed by atoms with E-state index >= 15 is 0 Å². The number of methoxy groups -OCH3 is 1. The Bertz CT molecular complexity index is 468. The van der Waals surface area contributed by atoms with Crippen LogP contribution in [0.1, 0.15) is 37.7 Å². The summed E-state index contributed by atoms with van der Waals surface area (Å²) in [6.07, 6.45) is 6.05. The van der Waals surface area contributed by atoms with Gasteiger partial charge in [-0.2, -0.15) is 0 Å². The number of amides is 1. The van der Waals surface area contributed by atoms with Gasteiger partial charge in [-0.3, -0.25) is 4.79 Å². The van der Waals surface area contributed by atoms with Gasteiger partial charge in [0.2, 0.25) is 5.91 Å². The van der Waals surface area contributed by atoms with Crippen LogP contribution in [0.2, 0.25) is 0 Å². The van der Waals surface area contributed by atoms with E-state index in [0.29, 0.717) is 13.1 Å². The molecule has 1 saturated carbocycles. The molecule has 0 atom stereocenters.